The fourth-order valence-electron chi connectivity index (χ4n) is 2.09. The van der Waals surface area contributed by atoms with Gasteiger partial charge >= 0.3 is 0 Å². The lowest BCUT2D eigenvalue weighted by molar-refractivity contribution is -0.133. The standard InChI is InChI=1S/C14H19N3O2S/c1-16(10-13(18)17-6-8-19-9-7-17)12-4-2-11(3-5-12)14(15)20/h2-5H,6-10H2,1H3,(H2,15,20). The van der Waals surface area contributed by atoms with Crippen LogP contribution in [0.25, 0.3) is 0 Å². The molecule has 2 N–H and O–H groups in total. The maximum atomic E-state index is 12.1. The Morgan fingerprint density at radius 3 is 2.50 bits per heavy atom. The highest BCUT2D eigenvalue weighted by Gasteiger charge is 2.18. The lowest BCUT2D eigenvalue weighted by Gasteiger charge is -2.29. The molecule has 0 aromatic heterocycles. The molecule has 1 aromatic rings. The van der Waals surface area contributed by atoms with E-state index in [-0.39, 0.29) is 5.91 Å². The summed E-state index contributed by atoms with van der Waals surface area (Å²) in [7, 11) is 1.90. The molecule has 6 heteroatoms. The Morgan fingerprint density at radius 2 is 1.95 bits per heavy atom. The average molecular weight is 293 g/mol. The predicted molar refractivity (Wildman–Crippen MR) is 83.0 cm³/mol. The Kier molecular flexibility index (Phi) is 4.92. The molecule has 1 aliphatic heterocycles. The summed E-state index contributed by atoms with van der Waals surface area (Å²) in [6.07, 6.45) is 0. The van der Waals surface area contributed by atoms with Crippen LogP contribution >= 0.6 is 12.2 Å². The second-order valence-electron chi connectivity index (χ2n) is 4.76. The van der Waals surface area contributed by atoms with E-state index in [0.717, 1.165) is 11.3 Å². The van der Waals surface area contributed by atoms with Crippen LogP contribution in [0.5, 0.6) is 0 Å². The van der Waals surface area contributed by atoms with E-state index < -0.39 is 0 Å². The fourth-order valence-corrected chi connectivity index (χ4v) is 2.22. The summed E-state index contributed by atoms with van der Waals surface area (Å²) >= 11 is 4.92. The first-order chi connectivity index (χ1) is 9.58. The second-order valence-corrected chi connectivity index (χ2v) is 5.20. The van der Waals surface area contributed by atoms with Crippen LogP contribution in [0.3, 0.4) is 0 Å². The van der Waals surface area contributed by atoms with Crippen LogP contribution in [0, 0.1) is 0 Å². The Bertz CT molecular complexity index is 484. The second kappa shape index (κ2) is 6.67. The number of carbonyl (C=O) groups excluding carboxylic acids is 1. The predicted octanol–water partition coefficient (Wildman–Crippen LogP) is 0.616. The minimum Gasteiger partial charge on any atom is -0.389 e. The van der Waals surface area contributed by atoms with Gasteiger partial charge in [0.25, 0.3) is 0 Å². The van der Waals surface area contributed by atoms with Gasteiger partial charge in [0.1, 0.15) is 4.99 Å². The third-order valence-electron chi connectivity index (χ3n) is 3.33. The van der Waals surface area contributed by atoms with Crippen molar-refractivity contribution in [2.45, 2.75) is 0 Å². The van der Waals surface area contributed by atoms with Crippen LogP contribution in [0.4, 0.5) is 5.69 Å². The smallest absolute Gasteiger partial charge is 0.242 e. The molecule has 0 unspecified atom stereocenters. The van der Waals surface area contributed by atoms with Crippen LogP contribution in [0.15, 0.2) is 24.3 Å². The number of thiocarbonyl (C=S) groups is 1. The summed E-state index contributed by atoms with van der Waals surface area (Å²) in [5.74, 6) is 0.120. The molecule has 1 heterocycles. The third kappa shape index (κ3) is 3.68. The summed E-state index contributed by atoms with van der Waals surface area (Å²) in [6, 6.07) is 7.57. The maximum Gasteiger partial charge on any atom is 0.242 e. The first-order valence-corrected chi connectivity index (χ1v) is 6.95. The largest absolute Gasteiger partial charge is 0.389 e. The lowest BCUT2D eigenvalue weighted by atomic mass is 10.2. The van der Waals surface area contributed by atoms with Gasteiger partial charge in [-0.3, -0.25) is 4.79 Å². The molecule has 2 rings (SSSR count). The zero-order valence-corrected chi connectivity index (χ0v) is 12.4. The number of nitrogens with zero attached hydrogens (tertiary/aromatic N) is 2. The topological polar surface area (TPSA) is 58.8 Å². The summed E-state index contributed by atoms with van der Waals surface area (Å²) in [4.78, 5) is 16.3. The van der Waals surface area contributed by atoms with Gasteiger partial charge in [0.2, 0.25) is 5.91 Å². The quantitative estimate of drug-likeness (QED) is 0.825. The van der Waals surface area contributed by atoms with Crippen molar-refractivity contribution in [3.05, 3.63) is 29.8 Å². The summed E-state index contributed by atoms with van der Waals surface area (Å²) < 4.78 is 5.24. The van der Waals surface area contributed by atoms with E-state index in [2.05, 4.69) is 0 Å². The van der Waals surface area contributed by atoms with Crippen molar-refractivity contribution < 1.29 is 9.53 Å². The van der Waals surface area contributed by atoms with Gasteiger partial charge in [-0.2, -0.15) is 0 Å². The first-order valence-electron chi connectivity index (χ1n) is 6.54. The maximum absolute atomic E-state index is 12.1. The van der Waals surface area contributed by atoms with Crippen molar-refractivity contribution in [2.75, 3.05) is 44.8 Å². The zero-order chi connectivity index (χ0) is 14.5. The van der Waals surface area contributed by atoms with Gasteiger partial charge in [-0.15, -0.1) is 0 Å². The normalized spacial score (nSPS) is 14.9. The molecular weight excluding hydrogens is 274 g/mol. The van der Waals surface area contributed by atoms with E-state index in [0.29, 0.717) is 37.8 Å². The van der Waals surface area contributed by atoms with Gasteiger partial charge in [-0.25, -0.2) is 0 Å². The van der Waals surface area contributed by atoms with Gasteiger partial charge in [-0.1, -0.05) is 12.2 Å². The Balaban J connectivity index is 1.94. The lowest BCUT2D eigenvalue weighted by Crippen LogP contribution is -2.45. The molecule has 20 heavy (non-hydrogen) atoms. The first kappa shape index (κ1) is 14.7. The third-order valence-corrected chi connectivity index (χ3v) is 3.56. The van der Waals surface area contributed by atoms with Crippen molar-refractivity contribution in [1.82, 2.24) is 4.90 Å². The fraction of sp³-hybridized carbons (Fsp3) is 0.429. The number of nitrogens with two attached hydrogens (primary N) is 1. The molecule has 1 aromatic carbocycles. The van der Waals surface area contributed by atoms with Crippen LogP contribution < -0.4 is 10.6 Å². The van der Waals surface area contributed by atoms with Crippen molar-refractivity contribution in [3.8, 4) is 0 Å². The zero-order valence-electron chi connectivity index (χ0n) is 11.5. The molecule has 5 nitrogen and oxygen atoms in total. The monoisotopic (exact) mass is 293 g/mol. The van der Waals surface area contributed by atoms with Gasteiger partial charge in [0.05, 0.1) is 19.8 Å². The summed E-state index contributed by atoms with van der Waals surface area (Å²) in [5.41, 5.74) is 7.36. The van der Waals surface area contributed by atoms with Crippen LogP contribution in [-0.2, 0) is 9.53 Å². The number of morpholine rings is 1. The minimum atomic E-state index is 0.120. The highest BCUT2D eigenvalue weighted by atomic mass is 32.1. The number of likely N-dealkylation sites (N-methyl/N-ethyl adjacent to an activating group) is 1. The molecule has 1 amide bonds. The van der Waals surface area contributed by atoms with Gasteiger partial charge < -0.3 is 20.3 Å². The Labute approximate surface area is 124 Å². The number of anilines is 1. The van der Waals surface area contributed by atoms with Crippen molar-refractivity contribution in [3.63, 3.8) is 0 Å². The Morgan fingerprint density at radius 1 is 1.35 bits per heavy atom. The number of rotatable bonds is 4. The molecule has 1 aliphatic rings. The van der Waals surface area contributed by atoms with E-state index >= 15 is 0 Å². The number of hydrogen-bond donors (Lipinski definition) is 1. The van der Waals surface area contributed by atoms with Gasteiger partial charge in [-0.05, 0) is 24.3 Å². The molecule has 0 saturated carbocycles. The SMILES string of the molecule is CN(CC(=O)N1CCOCC1)c1ccc(C(N)=S)cc1. The number of ether oxygens (including phenoxy) is 1. The summed E-state index contributed by atoms with van der Waals surface area (Å²) in [6.45, 7) is 2.95. The van der Waals surface area contributed by atoms with Crippen molar-refractivity contribution in [1.29, 1.82) is 0 Å². The van der Waals surface area contributed by atoms with Crippen LogP contribution in [0.1, 0.15) is 5.56 Å². The van der Waals surface area contributed by atoms with E-state index in [1.807, 2.05) is 41.1 Å². The van der Waals surface area contributed by atoms with E-state index in [4.69, 9.17) is 22.7 Å². The van der Waals surface area contributed by atoms with Crippen molar-refractivity contribution in [2.24, 2.45) is 5.73 Å². The van der Waals surface area contributed by atoms with Gasteiger partial charge in [0, 0.05) is 31.4 Å². The minimum absolute atomic E-state index is 0.120. The van der Waals surface area contributed by atoms with Crippen LogP contribution in [0.2, 0.25) is 0 Å². The molecule has 1 fully saturated rings. The number of amides is 1. The van der Waals surface area contributed by atoms with Gasteiger partial charge in [0.15, 0.2) is 0 Å². The molecule has 0 spiro atoms. The average Bonchev–Trinajstić information content (AvgIpc) is 2.48. The van der Waals surface area contributed by atoms with Crippen LogP contribution in [-0.4, -0.2) is 55.7 Å². The highest BCUT2D eigenvalue weighted by Crippen LogP contribution is 2.14. The highest BCUT2D eigenvalue weighted by molar-refractivity contribution is 7.80. The molecular formula is C14H19N3O2S. The molecule has 0 radical (unpaired) electrons. The summed E-state index contributed by atoms with van der Waals surface area (Å²) in [5, 5.41) is 0. The molecule has 0 atom stereocenters. The molecule has 0 aliphatic carbocycles. The number of carbonyl (C=O) groups is 1. The number of hydrogen-bond acceptors (Lipinski definition) is 4. The molecule has 1 saturated heterocycles. The molecule has 108 valence electrons. The number of benzene rings is 1. The van der Waals surface area contributed by atoms with E-state index in [9.17, 15) is 4.79 Å². The van der Waals surface area contributed by atoms with E-state index in [1.165, 1.54) is 0 Å². The van der Waals surface area contributed by atoms with Crippen molar-refractivity contribution >= 4 is 28.8 Å². The molecule has 0 bridgehead atoms. The van der Waals surface area contributed by atoms with E-state index in [1.54, 1.807) is 0 Å². The Hall–Kier alpha value is -1.66.